The SMILES string of the molecule is CCC[NH2+]Cc1ccccc1OCC(=O)NCc1ccccc1. The molecule has 2 aromatic rings. The smallest absolute Gasteiger partial charge is 0.258 e. The van der Waals surface area contributed by atoms with Gasteiger partial charge in [0.05, 0.1) is 6.54 Å². The summed E-state index contributed by atoms with van der Waals surface area (Å²) >= 11 is 0. The summed E-state index contributed by atoms with van der Waals surface area (Å²) in [7, 11) is 0. The van der Waals surface area contributed by atoms with Crippen LogP contribution in [0, 0.1) is 0 Å². The summed E-state index contributed by atoms with van der Waals surface area (Å²) in [6.07, 6.45) is 1.14. The van der Waals surface area contributed by atoms with Gasteiger partial charge in [-0.1, -0.05) is 49.4 Å². The lowest BCUT2D eigenvalue weighted by molar-refractivity contribution is -0.670. The molecule has 4 nitrogen and oxygen atoms in total. The number of carbonyl (C=O) groups excluding carboxylic acids is 1. The maximum atomic E-state index is 11.9. The van der Waals surface area contributed by atoms with E-state index in [9.17, 15) is 4.79 Å². The fraction of sp³-hybridized carbons (Fsp3) is 0.316. The maximum Gasteiger partial charge on any atom is 0.258 e. The zero-order valence-corrected chi connectivity index (χ0v) is 13.6. The molecule has 122 valence electrons. The second-order valence-corrected chi connectivity index (χ2v) is 5.44. The summed E-state index contributed by atoms with van der Waals surface area (Å²) in [6.45, 7) is 4.68. The van der Waals surface area contributed by atoms with E-state index in [4.69, 9.17) is 4.74 Å². The van der Waals surface area contributed by atoms with Crippen molar-refractivity contribution < 1.29 is 14.8 Å². The van der Waals surface area contributed by atoms with Crippen molar-refractivity contribution in [3.05, 3.63) is 65.7 Å². The van der Waals surface area contributed by atoms with Gasteiger partial charge in [-0.25, -0.2) is 0 Å². The number of hydrogen-bond acceptors (Lipinski definition) is 2. The molecule has 0 unspecified atom stereocenters. The molecule has 0 aliphatic rings. The third-order valence-electron chi connectivity index (χ3n) is 3.52. The first-order valence-electron chi connectivity index (χ1n) is 8.12. The quantitative estimate of drug-likeness (QED) is 0.694. The number of rotatable bonds is 9. The molecule has 0 bridgehead atoms. The molecule has 0 radical (unpaired) electrons. The minimum absolute atomic E-state index is 0.0393. The van der Waals surface area contributed by atoms with E-state index in [-0.39, 0.29) is 12.5 Å². The van der Waals surface area contributed by atoms with Crippen LogP contribution in [0.4, 0.5) is 0 Å². The normalized spacial score (nSPS) is 10.3. The van der Waals surface area contributed by atoms with Crippen LogP contribution in [0.1, 0.15) is 24.5 Å². The van der Waals surface area contributed by atoms with Crippen molar-refractivity contribution in [3.8, 4) is 5.75 Å². The van der Waals surface area contributed by atoms with Gasteiger partial charge in [0.15, 0.2) is 6.61 Å². The molecule has 0 heterocycles. The highest BCUT2D eigenvalue weighted by Gasteiger charge is 2.07. The Labute approximate surface area is 137 Å². The molecule has 4 heteroatoms. The average molecular weight is 313 g/mol. The summed E-state index contributed by atoms with van der Waals surface area (Å²) in [5, 5.41) is 5.12. The van der Waals surface area contributed by atoms with Gasteiger partial charge in [0, 0.05) is 12.1 Å². The summed E-state index contributed by atoms with van der Waals surface area (Å²) in [5.41, 5.74) is 2.20. The topological polar surface area (TPSA) is 54.9 Å². The molecule has 0 saturated carbocycles. The van der Waals surface area contributed by atoms with Crippen molar-refractivity contribution in [3.63, 3.8) is 0 Å². The summed E-state index contributed by atoms with van der Waals surface area (Å²) in [6, 6.07) is 17.7. The number of para-hydroxylation sites is 1. The van der Waals surface area contributed by atoms with Gasteiger partial charge in [0.1, 0.15) is 12.3 Å². The molecule has 2 rings (SSSR count). The van der Waals surface area contributed by atoms with Crippen molar-refractivity contribution in [2.75, 3.05) is 13.2 Å². The maximum absolute atomic E-state index is 11.9. The molecule has 0 aliphatic heterocycles. The van der Waals surface area contributed by atoms with Gasteiger partial charge in [-0.3, -0.25) is 4.79 Å². The first-order valence-corrected chi connectivity index (χ1v) is 8.12. The average Bonchev–Trinajstić information content (AvgIpc) is 2.60. The molecule has 3 N–H and O–H groups in total. The summed E-state index contributed by atoms with van der Waals surface area (Å²) in [4.78, 5) is 11.9. The molecule has 0 aliphatic carbocycles. The van der Waals surface area contributed by atoms with Crippen LogP contribution in [0.15, 0.2) is 54.6 Å². The van der Waals surface area contributed by atoms with E-state index in [0.717, 1.165) is 36.4 Å². The van der Waals surface area contributed by atoms with Gasteiger partial charge in [-0.2, -0.15) is 0 Å². The zero-order chi connectivity index (χ0) is 16.3. The molecular weight excluding hydrogens is 288 g/mol. The van der Waals surface area contributed by atoms with Crippen LogP contribution in [-0.4, -0.2) is 19.1 Å². The Morgan fingerprint density at radius 1 is 1.09 bits per heavy atom. The van der Waals surface area contributed by atoms with E-state index in [1.165, 1.54) is 0 Å². The van der Waals surface area contributed by atoms with E-state index >= 15 is 0 Å². The highest BCUT2D eigenvalue weighted by Crippen LogP contribution is 2.16. The van der Waals surface area contributed by atoms with Gasteiger partial charge < -0.3 is 15.4 Å². The van der Waals surface area contributed by atoms with Crippen molar-refractivity contribution in [1.82, 2.24) is 5.32 Å². The Hall–Kier alpha value is -2.33. The minimum Gasteiger partial charge on any atom is -0.483 e. The molecule has 23 heavy (non-hydrogen) atoms. The lowest BCUT2D eigenvalue weighted by atomic mass is 10.2. The van der Waals surface area contributed by atoms with E-state index in [1.54, 1.807) is 0 Å². The van der Waals surface area contributed by atoms with E-state index in [1.807, 2.05) is 54.6 Å². The van der Waals surface area contributed by atoms with Crippen LogP contribution in [-0.2, 0) is 17.9 Å². The third kappa shape index (κ3) is 6.12. The lowest BCUT2D eigenvalue weighted by Crippen LogP contribution is -2.82. The van der Waals surface area contributed by atoms with Crippen molar-refractivity contribution in [2.45, 2.75) is 26.4 Å². The standard InChI is InChI=1S/C19H24N2O2/c1-2-12-20-14-17-10-6-7-11-18(17)23-15-19(22)21-13-16-8-4-3-5-9-16/h3-11,20H,2,12-15H2,1H3,(H,21,22)/p+1. The van der Waals surface area contributed by atoms with E-state index in [0.29, 0.717) is 6.54 Å². The fourth-order valence-electron chi connectivity index (χ4n) is 2.27. The molecule has 0 spiro atoms. The first kappa shape index (κ1) is 17.0. The number of nitrogens with one attached hydrogen (secondary N) is 1. The predicted octanol–water partition coefficient (Wildman–Crippen LogP) is 1.86. The minimum atomic E-state index is -0.110. The van der Waals surface area contributed by atoms with Crippen molar-refractivity contribution in [2.24, 2.45) is 0 Å². The van der Waals surface area contributed by atoms with Crippen LogP contribution in [0.3, 0.4) is 0 Å². The van der Waals surface area contributed by atoms with E-state index in [2.05, 4.69) is 17.6 Å². The van der Waals surface area contributed by atoms with Crippen LogP contribution >= 0.6 is 0 Å². The Morgan fingerprint density at radius 2 is 1.83 bits per heavy atom. The molecular formula is C19H25N2O2+. The molecule has 0 saturated heterocycles. The third-order valence-corrected chi connectivity index (χ3v) is 3.52. The van der Waals surface area contributed by atoms with Gasteiger partial charge in [0.25, 0.3) is 5.91 Å². The van der Waals surface area contributed by atoms with Crippen LogP contribution in [0.25, 0.3) is 0 Å². The highest BCUT2D eigenvalue weighted by atomic mass is 16.5. The molecule has 0 atom stereocenters. The Bertz CT molecular complexity index is 599. The fourth-order valence-corrected chi connectivity index (χ4v) is 2.27. The monoisotopic (exact) mass is 313 g/mol. The number of ether oxygens (including phenoxy) is 1. The second-order valence-electron chi connectivity index (χ2n) is 5.44. The highest BCUT2D eigenvalue weighted by molar-refractivity contribution is 5.77. The lowest BCUT2D eigenvalue weighted by Gasteiger charge is -2.11. The van der Waals surface area contributed by atoms with Crippen LogP contribution in [0.2, 0.25) is 0 Å². The van der Waals surface area contributed by atoms with Crippen molar-refractivity contribution >= 4 is 5.91 Å². The second kappa shape index (κ2) is 9.64. The van der Waals surface area contributed by atoms with Gasteiger partial charge in [-0.05, 0) is 24.1 Å². The molecule has 0 aromatic heterocycles. The van der Waals surface area contributed by atoms with Gasteiger partial charge >= 0.3 is 0 Å². The Balaban J connectivity index is 1.79. The zero-order valence-electron chi connectivity index (χ0n) is 13.6. The predicted molar refractivity (Wildman–Crippen MR) is 91.0 cm³/mol. The number of amides is 1. The summed E-state index contributed by atoms with van der Waals surface area (Å²) < 4.78 is 5.69. The van der Waals surface area contributed by atoms with Gasteiger partial charge in [-0.15, -0.1) is 0 Å². The Kier molecular flexibility index (Phi) is 7.14. The van der Waals surface area contributed by atoms with Crippen LogP contribution in [0.5, 0.6) is 5.75 Å². The number of quaternary nitrogens is 1. The molecule has 2 aromatic carbocycles. The number of carbonyl (C=O) groups is 1. The van der Waals surface area contributed by atoms with Crippen molar-refractivity contribution in [1.29, 1.82) is 0 Å². The molecule has 1 amide bonds. The first-order chi connectivity index (χ1) is 11.3. The van der Waals surface area contributed by atoms with Gasteiger partial charge in [0.2, 0.25) is 0 Å². The van der Waals surface area contributed by atoms with Crippen LogP contribution < -0.4 is 15.4 Å². The Morgan fingerprint density at radius 3 is 2.61 bits per heavy atom. The number of benzene rings is 2. The number of nitrogens with two attached hydrogens (primary N) is 1. The largest absolute Gasteiger partial charge is 0.483 e. The van der Waals surface area contributed by atoms with E-state index < -0.39 is 0 Å². The number of hydrogen-bond donors (Lipinski definition) is 2. The molecule has 0 fully saturated rings. The summed E-state index contributed by atoms with van der Waals surface area (Å²) in [5.74, 6) is 0.677.